The summed E-state index contributed by atoms with van der Waals surface area (Å²) < 4.78 is 10.4. The number of methoxy groups -OCH3 is 1. The number of ether oxygens (including phenoxy) is 1. The molecule has 0 N–H and O–H groups in total. The van der Waals surface area contributed by atoms with Gasteiger partial charge in [0.05, 0.1) is 7.11 Å². The van der Waals surface area contributed by atoms with Crippen LogP contribution >= 0.6 is 0 Å². The summed E-state index contributed by atoms with van der Waals surface area (Å²) in [6.45, 7) is 4.70. The number of hydrogen-bond donors (Lipinski definition) is 0. The van der Waals surface area contributed by atoms with Crippen LogP contribution in [0.3, 0.4) is 0 Å². The number of aryl methyl sites for hydroxylation is 1. The minimum atomic E-state index is -0.299. The maximum atomic E-state index is 11.8. The molecule has 94 valence electrons. The van der Waals surface area contributed by atoms with E-state index in [4.69, 9.17) is 9.15 Å². The SMILES string of the molecule is COC(=O)C(CN1CCCC1)c1ccc(C)o1. The molecule has 4 heteroatoms. The first-order valence-corrected chi connectivity index (χ1v) is 6.07. The first-order chi connectivity index (χ1) is 8.20. The molecule has 2 heterocycles. The van der Waals surface area contributed by atoms with Gasteiger partial charge >= 0.3 is 5.97 Å². The molecule has 4 nitrogen and oxygen atoms in total. The molecule has 1 aromatic heterocycles. The highest BCUT2D eigenvalue weighted by molar-refractivity contribution is 5.77. The van der Waals surface area contributed by atoms with Crippen LogP contribution < -0.4 is 0 Å². The lowest BCUT2D eigenvalue weighted by molar-refractivity contribution is -0.143. The Balaban J connectivity index is 2.10. The lowest BCUT2D eigenvalue weighted by Crippen LogP contribution is -2.30. The lowest BCUT2D eigenvalue weighted by Gasteiger charge is -2.20. The molecule has 1 unspecified atom stereocenters. The molecular formula is C13H19NO3. The Labute approximate surface area is 102 Å². The summed E-state index contributed by atoms with van der Waals surface area (Å²) in [5.41, 5.74) is 0. The van der Waals surface area contributed by atoms with Gasteiger partial charge in [0.1, 0.15) is 17.4 Å². The monoisotopic (exact) mass is 237 g/mol. The molecule has 0 spiro atoms. The summed E-state index contributed by atoms with van der Waals surface area (Å²) in [6.07, 6.45) is 2.43. The van der Waals surface area contributed by atoms with E-state index in [9.17, 15) is 4.79 Å². The quantitative estimate of drug-likeness (QED) is 0.751. The van der Waals surface area contributed by atoms with Crippen molar-refractivity contribution in [2.24, 2.45) is 0 Å². The van der Waals surface area contributed by atoms with Gasteiger partial charge in [-0.05, 0) is 45.0 Å². The zero-order valence-electron chi connectivity index (χ0n) is 10.4. The van der Waals surface area contributed by atoms with Gasteiger partial charge in [0.15, 0.2) is 0 Å². The Morgan fingerprint density at radius 3 is 2.71 bits per heavy atom. The number of rotatable bonds is 4. The molecule has 1 fully saturated rings. The molecule has 1 atom stereocenters. The largest absolute Gasteiger partial charge is 0.468 e. The van der Waals surface area contributed by atoms with Crippen molar-refractivity contribution in [1.82, 2.24) is 4.90 Å². The smallest absolute Gasteiger partial charge is 0.317 e. The molecule has 2 rings (SSSR count). The standard InChI is InChI=1S/C13H19NO3/c1-10-5-6-12(17-10)11(13(15)16-2)9-14-7-3-4-8-14/h5-6,11H,3-4,7-9H2,1-2H3. The molecular weight excluding hydrogens is 218 g/mol. The molecule has 0 saturated carbocycles. The molecule has 0 amide bonds. The number of carbonyl (C=O) groups excluding carboxylic acids is 1. The predicted molar refractivity (Wildman–Crippen MR) is 63.9 cm³/mol. The van der Waals surface area contributed by atoms with Crippen LogP contribution in [0.4, 0.5) is 0 Å². The van der Waals surface area contributed by atoms with Crippen LogP contribution in [0.15, 0.2) is 16.5 Å². The number of hydrogen-bond acceptors (Lipinski definition) is 4. The number of likely N-dealkylation sites (tertiary alicyclic amines) is 1. The second-order valence-electron chi connectivity index (χ2n) is 4.53. The summed E-state index contributed by atoms with van der Waals surface area (Å²) in [4.78, 5) is 14.1. The number of carbonyl (C=O) groups is 1. The topological polar surface area (TPSA) is 42.7 Å². The summed E-state index contributed by atoms with van der Waals surface area (Å²) >= 11 is 0. The highest BCUT2D eigenvalue weighted by Gasteiger charge is 2.28. The van der Waals surface area contributed by atoms with Gasteiger partial charge in [0, 0.05) is 6.54 Å². The molecule has 0 aromatic carbocycles. The van der Waals surface area contributed by atoms with Crippen molar-refractivity contribution in [1.29, 1.82) is 0 Å². The van der Waals surface area contributed by atoms with E-state index < -0.39 is 0 Å². The first kappa shape index (κ1) is 12.2. The molecule has 0 radical (unpaired) electrons. The van der Waals surface area contributed by atoms with E-state index in [-0.39, 0.29) is 11.9 Å². The minimum Gasteiger partial charge on any atom is -0.468 e. The fourth-order valence-electron chi connectivity index (χ4n) is 2.29. The van der Waals surface area contributed by atoms with Gasteiger partial charge in [-0.3, -0.25) is 4.79 Å². The van der Waals surface area contributed by atoms with E-state index in [1.54, 1.807) is 0 Å². The molecule has 1 saturated heterocycles. The molecule has 1 aliphatic rings. The summed E-state index contributed by atoms with van der Waals surface area (Å²) in [7, 11) is 1.43. The molecule has 1 aromatic rings. The number of nitrogens with zero attached hydrogens (tertiary/aromatic N) is 1. The van der Waals surface area contributed by atoms with E-state index in [0.717, 1.165) is 18.8 Å². The van der Waals surface area contributed by atoms with Crippen LogP contribution in [0.1, 0.15) is 30.3 Å². The van der Waals surface area contributed by atoms with Crippen LogP contribution in [0, 0.1) is 6.92 Å². The van der Waals surface area contributed by atoms with Crippen molar-refractivity contribution in [3.63, 3.8) is 0 Å². The van der Waals surface area contributed by atoms with Crippen LogP contribution in [0.2, 0.25) is 0 Å². The van der Waals surface area contributed by atoms with Crippen molar-refractivity contribution < 1.29 is 13.9 Å². The van der Waals surface area contributed by atoms with Gasteiger partial charge in [0.2, 0.25) is 0 Å². The van der Waals surface area contributed by atoms with E-state index in [0.29, 0.717) is 12.3 Å². The van der Waals surface area contributed by atoms with Gasteiger partial charge in [-0.15, -0.1) is 0 Å². The summed E-state index contributed by atoms with van der Waals surface area (Å²) in [5, 5.41) is 0. The van der Waals surface area contributed by atoms with Gasteiger partial charge in [0.25, 0.3) is 0 Å². The Morgan fingerprint density at radius 1 is 1.47 bits per heavy atom. The Bertz CT molecular complexity index is 380. The summed E-state index contributed by atoms with van der Waals surface area (Å²) in [6, 6.07) is 3.75. The van der Waals surface area contributed by atoms with Crippen molar-refractivity contribution in [3.8, 4) is 0 Å². The average Bonchev–Trinajstić information content (AvgIpc) is 2.96. The highest BCUT2D eigenvalue weighted by atomic mass is 16.5. The third-order valence-corrected chi connectivity index (χ3v) is 3.23. The Hall–Kier alpha value is -1.29. The number of furan rings is 1. The van der Waals surface area contributed by atoms with Crippen LogP contribution in [-0.4, -0.2) is 37.6 Å². The highest BCUT2D eigenvalue weighted by Crippen LogP contribution is 2.23. The second-order valence-corrected chi connectivity index (χ2v) is 4.53. The summed E-state index contributed by atoms with van der Waals surface area (Å²) in [5.74, 6) is 1.02. The molecule has 17 heavy (non-hydrogen) atoms. The fourth-order valence-corrected chi connectivity index (χ4v) is 2.29. The Kier molecular flexibility index (Phi) is 3.84. The van der Waals surface area contributed by atoms with Crippen LogP contribution in [-0.2, 0) is 9.53 Å². The van der Waals surface area contributed by atoms with Crippen LogP contribution in [0.5, 0.6) is 0 Å². The zero-order chi connectivity index (χ0) is 12.3. The predicted octanol–water partition coefficient (Wildman–Crippen LogP) is 1.94. The van der Waals surface area contributed by atoms with Crippen LogP contribution in [0.25, 0.3) is 0 Å². The first-order valence-electron chi connectivity index (χ1n) is 6.07. The normalized spacial score (nSPS) is 18.2. The lowest BCUT2D eigenvalue weighted by atomic mass is 10.1. The second kappa shape index (κ2) is 5.36. The molecule has 1 aliphatic heterocycles. The van der Waals surface area contributed by atoms with Crippen molar-refractivity contribution >= 4 is 5.97 Å². The Morgan fingerprint density at radius 2 is 2.18 bits per heavy atom. The number of esters is 1. The maximum absolute atomic E-state index is 11.8. The minimum absolute atomic E-state index is 0.216. The van der Waals surface area contributed by atoms with Crippen molar-refractivity contribution in [2.45, 2.75) is 25.7 Å². The third-order valence-electron chi connectivity index (χ3n) is 3.23. The van der Waals surface area contributed by atoms with E-state index >= 15 is 0 Å². The van der Waals surface area contributed by atoms with E-state index in [1.807, 2.05) is 19.1 Å². The van der Waals surface area contributed by atoms with Crippen molar-refractivity contribution in [2.75, 3.05) is 26.7 Å². The van der Waals surface area contributed by atoms with Crippen molar-refractivity contribution in [3.05, 3.63) is 23.7 Å². The van der Waals surface area contributed by atoms with E-state index in [1.165, 1.54) is 20.0 Å². The van der Waals surface area contributed by atoms with Gasteiger partial charge in [-0.25, -0.2) is 0 Å². The van der Waals surface area contributed by atoms with Gasteiger partial charge in [-0.1, -0.05) is 0 Å². The van der Waals surface area contributed by atoms with E-state index in [2.05, 4.69) is 4.90 Å². The maximum Gasteiger partial charge on any atom is 0.317 e. The fraction of sp³-hybridized carbons (Fsp3) is 0.615. The van der Waals surface area contributed by atoms with Gasteiger partial charge in [-0.2, -0.15) is 0 Å². The average molecular weight is 237 g/mol. The van der Waals surface area contributed by atoms with Gasteiger partial charge < -0.3 is 14.1 Å². The zero-order valence-corrected chi connectivity index (χ0v) is 10.4. The third kappa shape index (κ3) is 2.88. The molecule has 0 bridgehead atoms. The molecule has 0 aliphatic carbocycles.